The number of rotatable bonds is 8. The molecule has 30 heavy (non-hydrogen) atoms. The summed E-state index contributed by atoms with van der Waals surface area (Å²) >= 11 is 0. The molecule has 150 valence electrons. The first-order valence-corrected chi connectivity index (χ1v) is 9.85. The minimum atomic E-state index is -0.0827. The maximum atomic E-state index is 12.4. The number of carbonyl (C=O) groups excluding carboxylic acids is 1. The second kappa shape index (κ2) is 9.56. The van der Waals surface area contributed by atoms with Gasteiger partial charge in [-0.15, -0.1) is 0 Å². The Balaban J connectivity index is 1.26. The maximum Gasteiger partial charge on any atom is 0.251 e. The molecule has 5 heteroatoms. The van der Waals surface area contributed by atoms with Crippen LogP contribution in [0.1, 0.15) is 27.0 Å². The number of hydrogen-bond donors (Lipinski definition) is 1. The van der Waals surface area contributed by atoms with Crippen LogP contribution in [0.4, 0.5) is 0 Å². The topological polar surface area (TPSA) is 56.1 Å². The first-order chi connectivity index (χ1) is 14.8. The SMILES string of the molecule is O=C(NCc1ccc(COc2ccccc2)cc1)c1ccc(Cn2ccnc2)cc1. The van der Waals surface area contributed by atoms with Crippen LogP contribution >= 0.6 is 0 Å². The summed E-state index contributed by atoms with van der Waals surface area (Å²) in [6, 6.07) is 25.5. The van der Waals surface area contributed by atoms with E-state index < -0.39 is 0 Å². The van der Waals surface area contributed by atoms with Gasteiger partial charge < -0.3 is 14.6 Å². The summed E-state index contributed by atoms with van der Waals surface area (Å²) < 4.78 is 7.75. The third-order valence-electron chi connectivity index (χ3n) is 4.77. The van der Waals surface area contributed by atoms with Crippen LogP contribution in [-0.4, -0.2) is 15.5 Å². The average Bonchev–Trinajstić information content (AvgIpc) is 3.31. The van der Waals surface area contributed by atoms with Crippen molar-refractivity contribution in [3.05, 3.63) is 120 Å². The van der Waals surface area contributed by atoms with Gasteiger partial charge in [0.05, 0.1) is 6.33 Å². The molecule has 0 spiro atoms. The minimum Gasteiger partial charge on any atom is -0.489 e. The number of ether oxygens (including phenoxy) is 1. The summed E-state index contributed by atoms with van der Waals surface area (Å²) in [5.41, 5.74) is 3.90. The van der Waals surface area contributed by atoms with Gasteiger partial charge in [-0.3, -0.25) is 4.79 Å². The summed E-state index contributed by atoms with van der Waals surface area (Å²) in [6.07, 6.45) is 5.45. The van der Waals surface area contributed by atoms with Gasteiger partial charge in [0.1, 0.15) is 12.4 Å². The van der Waals surface area contributed by atoms with E-state index in [1.54, 1.807) is 12.5 Å². The number of carbonyl (C=O) groups is 1. The van der Waals surface area contributed by atoms with Crippen LogP contribution in [0, 0.1) is 0 Å². The number of nitrogens with one attached hydrogen (secondary N) is 1. The van der Waals surface area contributed by atoms with E-state index in [-0.39, 0.29) is 5.91 Å². The van der Waals surface area contributed by atoms with E-state index in [9.17, 15) is 4.79 Å². The minimum absolute atomic E-state index is 0.0827. The van der Waals surface area contributed by atoms with Crippen LogP contribution in [0.15, 0.2) is 97.6 Å². The molecule has 3 aromatic carbocycles. The summed E-state index contributed by atoms with van der Waals surface area (Å²) in [5, 5.41) is 2.97. The Morgan fingerprint density at radius 3 is 2.27 bits per heavy atom. The van der Waals surface area contributed by atoms with Crippen LogP contribution in [0.25, 0.3) is 0 Å². The van der Waals surface area contributed by atoms with E-state index in [2.05, 4.69) is 10.3 Å². The summed E-state index contributed by atoms with van der Waals surface area (Å²) in [7, 11) is 0. The summed E-state index contributed by atoms with van der Waals surface area (Å²) in [6.45, 7) is 1.74. The molecule has 0 aliphatic carbocycles. The molecule has 0 saturated heterocycles. The lowest BCUT2D eigenvalue weighted by Gasteiger charge is -2.09. The van der Waals surface area contributed by atoms with Gasteiger partial charge >= 0.3 is 0 Å². The van der Waals surface area contributed by atoms with Gasteiger partial charge in [-0.25, -0.2) is 4.98 Å². The van der Waals surface area contributed by atoms with Gasteiger partial charge in [0.2, 0.25) is 0 Å². The van der Waals surface area contributed by atoms with Gasteiger partial charge in [0.15, 0.2) is 0 Å². The van der Waals surface area contributed by atoms with Gasteiger partial charge in [-0.05, 0) is 41.0 Å². The molecule has 0 fully saturated rings. The molecule has 4 rings (SSSR count). The molecule has 0 radical (unpaired) electrons. The smallest absolute Gasteiger partial charge is 0.251 e. The van der Waals surface area contributed by atoms with E-state index in [1.807, 2.05) is 89.6 Å². The molecule has 0 unspecified atom stereocenters. The molecular formula is C25H23N3O2. The first-order valence-electron chi connectivity index (χ1n) is 9.85. The van der Waals surface area contributed by atoms with Crippen molar-refractivity contribution in [1.29, 1.82) is 0 Å². The highest BCUT2D eigenvalue weighted by atomic mass is 16.5. The van der Waals surface area contributed by atoms with Gasteiger partial charge in [0, 0.05) is 31.0 Å². The number of para-hydroxylation sites is 1. The van der Waals surface area contributed by atoms with Crippen molar-refractivity contribution >= 4 is 5.91 Å². The first kappa shape index (κ1) is 19.5. The Labute approximate surface area is 176 Å². The van der Waals surface area contributed by atoms with Gasteiger partial charge in [0.25, 0.3) is 5.91 Å². The number of imidazole rings is 1. The summed E-state index contributed by atoms with van der Waals surface area (Å²) in [5.74, 6) is 0.769. The highest BCUT2D eigenvalue weighted by Crippen LogP contribution is 2.13. The van der Waals surface area contributed by atoms with E-state index in [0.29, 0.717) is 18.7 Å². The Hall–Kier alpha value is -3.86. The van der Waals surface area contributed by atoms with Crippen LogP contribution in [0.5, 0.6) is 5.75 Å². The third kappa shape index (κ3) is 5.35. The largest absolute Gasteiger partial charge is 0.489 e. The fourth-order valence-electron chi connectivity index (χ4n) is 3.07. The average molecular weight is 397 g/mol. The molecule has 0 aliphatic heterocycles. The molecule has 0 saturated carbocycles. The molecule has 1 N–H and O–H groups in total. The predicted molar refractivity (Wildman–Crippen MR) is 116 cm³/mol. The zero-order chi connectivity index (χ0) is 20.6. The van der Waals surface area contributed by atoms with Crippen molar-refractivity contribution in [2.45, 2.75) is 19.7 Å². The van der Waals surface area contributed by atoms with Crippen molar-refractivity contribution < 1.29 is 9.53 Å². The zero-order valence-corrected chi connectivity index (χ0v) is 16.6. The van der Waals surface area contributed by atoms with Crippen LogP contribution in [0.2, 0.25) is 0 Å². The number of hydrogen-bond acceptors (Lipinski definition) is 3. The van der Waals surface area contributed by atoms with Crippen molar-refractivity contribution in [2.24, 2.45) is 0 Å². The van der Waals surface area contributed by atoms with Crippen molar-refractivity contribution in [2.75, 3.05) is 0 Å². The summed E-state index contributed by atoms with van der Waals surface area (Å²) in [4.78, 5) is 16.5. The van der Waals surface area contributed by atoms with Crippen LogP contribution in [0.3, 0.4) is 0 Å². The molecule has 0 bridgehead atoms. The number of nitrogens with zero attached hydrogens (tertiary/aromatic N) is 2. The van der Waals surface area contributed by atoms with E-state index in [1.165, 1.54) is 0 Å². The maximum absolute atomic E-state index is 12.4. The Kier molecular flexibility index (Phi) is 6.20. The molecule has 4 aromatic rings. The van der Waals surface area contributed by atoms with Crippen molar-refractivity contribution in [3.8, 4) is 5.75 Å². The standard InChI is InChI=1S/C25H23N3O2/c29-25(23-12-10-21(11-13-23)17-28-15-14-26-19-28)27-16-20-6-8-22(9-7-20)18-30-24-4-2-1-3-5-24/h1-15,19H,16-18H2,(H,27,29). The quantitative estimate of drug-likeness (QED) is 0.478. The van der Waals surface area contributed by atoms with E-state index in [0.717, 1.165) is 29.0 Å². The number of benzene rings is 3. The molecule has 1 aromatic heterocycles. The second-order valence-electron chi connectivity index (χ2n) is 7.03. The number of aromatic nitrogens is 2. The van der Waals surface area contributed by atoms with Crippen molar-refractivity contribution in [1.82, 2.24) is 14.9 Å². The van der Waals surface area contributed by atoms with E-state index in [4.69, 9.17) is 4.74 Å². The Bertz CT molecular complexity index is 1060. The van der Waals surface area contributed by atoms with E-state index >= 15 is 0 Å². The zero-order valence-electron chi connectivity index (χ0n) is 16.6. The molecule has 5 nitrogen and oxygen atoms in total. The normalized spacial score (nSPS) is 10.5. The monoisotopic (exact) mass is 397 g/mol. The molecular weight excluding hydrogens is 374 g/mol. The lowest BCUT2D eigenvalue weighted by molar-refractivity contribution is 0.0951. The lowest BCUT2D eigenvalue weighted by Crippen LogP contribution is -2.22. The molecule has 0 aliphatic rings. The van der Waals surface area contributed by atoms with Crippen LogP contribution < -0.4 is 10.1 Å². The highest BCUT2D eigenvalue weighted by Gasteiger charge is 2.06. The lowest BCUT2D eigenvalue weighted by atomic mass is 10.1. The molecule has 1 amide bonds. The Morgan fingerprint density at radius 2 is 1.57 bits per heavy atom. The fraction of sp³-hybridized carbons (Fsp3) is 0.120. The van der Waals surface area contributed by atoms with Gasteiger partial charge in [-0.1, -0.05) is 54.6 Å². The molecule has 1 heterocycles. The second-order valence-corrected chi connectivity index (χ2v) is 7.03. The molecule has 0 atom stereocenters. The highest BCUT2D eigenvalue weighted by molar-refractivity contribution is 5.94. The third-order valence-corrected chi connectivity index (χ3v) is 4.77. The van der Waals surface area contributed by atoms with Gasteiger partial charge in [-0.2, -0.15) is 0 Å². The van der Waals surface area contributed by atoms with Crippen molar-refractivity contribution in [3.63, 3.8) is 0 Å². The number of amides is 1. The predicted octanol–water partition coefficient (Wildman–Crippen LogP) is 4.44. The van der Waals surface area contributed by atoms with Crippen LogP contribution in [-0.2, 0) is 19.7 Å². The Morgan fingerprint density at radius 1 is 0.867 bits per heavy atom. The fourth-order valence-corrected chi connectivity index (χ4v) is 3.07.